The molecule has 0 radical (unpaired) electrons. The third-order valence-electron chi connectivity index (χ3n) is 1.57. The van der Waals surface area contributed by atoms with E-state index < -0.39 is 10.6 Å². The Balaban J connectivity index is 3.47. The largest absolute Gasteiger partial charge is 0.298 e. The summed E-state index contributed by atoms with van der Waals surface area (Å²) < 4.78 is 0. The van der Waals surface area contributed by atoms with Crippen molar-refractivity contribution < 1.29 is 9.72 Å². The number of azide groups is 1. The van der Waals surface area contributed by atoms with Gasteiger partial charge < -0.3 is 0 Å². The van der Waals surface area contributed by atoms with E-state index in [0.29, 0.717) is 6.29 Å². The van der Waals surface area contributed by atoms with E-state index in [0.717, 1.165) is 12.1 Å². The minimum atomic E-state index is -0.727. The smallest absolute Gasteiger partial charge is 0.288 e. The van der Waals surface area contributed by atoms with Gasteiger partial charge in [-0.15, -0.1) is 0 Å². The van der Waals surface area contributed by atoms with Crippen molar-refractivity contribution in [1.29, 1.82) is 0 Å². The highest BCUT2D eigenvalue weighted by Crippen LogP contribution is 2.31. The summed E-state index contributed by atoms with van der Waals surface area (Å²) in [7, 11) is 0. The molecule has 8 heteroatoms. The van der Waals surface area contributed by atoms with Gasteiger partial charge in [-0.2, -0.15) is 0 Å². The molecule has 0 aliphatic heterocycles. The lowest BCUT2D eigenvalue weighted by Gasteiger charge is -1.99. The fraction of sp³-hybridized carbons (Fsp3) is 0. The third kappa shape index (κ3) is 2.22. The molecule has 0 saturated carbocycles. The zero-order valence-corrected chi connectivity index (χ0v) is 7.88. The van der Waals surface area contributed by atoms with E-state index in [1.807, 2.05) is 0 Å². The second kappa shape index (κ2) is 4.41. The molecular weight excluding hydrogens is 224 g/mol. The first-order chi connectivity index (χ1) is 7.10. The predicted molar refractivity (Wildman–Crippen MR) is 52.3 cm³/mol. The predicted octanol–water partition coefficient (Wildman–Crippen LogP) is 3.00. The van der Waals surface area contributed by atoms with Crippen LogP contribution in [0.1, 0.15) is 10.4 Å². The zero-order valence-electron chi connectivity index (χ0n) is 7.12. The first-order valence-corrected chi connectivity index (χ1v) is 3.96. The molecule has 0 bridgehead atoms. The standard InChI is InChI=1S/C7H3ClN4O3/c8-5-2-6(10-11-9)4(3-13)1-7(5)12(14)15/h1-3H. The maximum atomic E-state index is 10.5. The monoisotopic (exact) mass is 226 g/mol. The highest BCUT2D eigenvalue weighted by molar-refractivity contribution is 6.33. The number of carbonyl (C=O) groups is 1. The maximum absolute atomic E-state index is 10.5. The van der Waals surface area contributed by atoms with Gasteiger partial charge in [0.25, 0.3) is 5.69 Å². The van der Waals surface area contributed by atoms with Gasteiger partial charge >= 0.3 is 0 Å². The van der Waals surface area contributed by atoms with Crippen molar-refractivity contribution in [3.05, 3.63) is 43.3 Å². The number of aldehydes is 1. The Hall–Kier alpha value is -2.11. The Bertz CT molecular complexity index is 481. The summed E-state index contributed by atoms with van der Waals surface area (Å²) in [6.45, 7) is 0. The molecule has 76 valence electrons. The molecule has 0 aliphatic carbocycles. The zero-order chi connectivity index (χ0) is 11.4. The Morgan fingerprint density at radius 2 is 2.27 bits per heavy atom. The number of nitro groups is 1. The van der Waals surface area contributed by atoms with Crippen LogP contribution < -0.4 is 0 Å². The summed E-state index contributed by atoms with van der Waals surface area (Å²) in [5.74, 6) is 0. The van der Waals surface area contributed by atoms with Crippen molar-refractivity contribution in [2.45, 2.75) is 0 Å². The molecule has 0 atom stereocenters. The van der Waals surface area contributed by atoms with Crippen molar-refractivity contribution in [3.8, 4) is 0 Å². The topological polar surface area (TPSA) is 109 Å². The average Bonchev–Trinajstić information content (AvgIpc) is 2.18. The quantitative estimate of drug-likeness (QED) is 0.197. The van der Waals surface area contributed by atoms with Crippen molar-refractivity contribution in [3.63, 3.8) is 0 Å². The van der Waals surface area contributed by atoms with Gasteiger partial charge in [0, 0.05) is 22.2 Å². The highest BCUT2D eigenvalue weighted by Gasteiger charge is 2.15. The number of carbonyl (C=O) groups excluding carboxylic acids is 1. The summed E-state index contributed by atoms with van der Waals surface area (Å²) in [4.78, 5) is 22.7. The molecule has 1 aromatic carbocycles. The van der Waals surface area contributed by atoms with Crippen LogP contribution in [-0.2, 0) is 0 Å². The van der Waals surface area contributed by atoms with E-state index in [1.54, 1.807) is 0 Å². The lowest BCUT2D eigenvalue weighted by molar-refractivity contribution is -0.384. The number of nitro benzene ring substituents is 1. The van der Waals surface area contributed by atoms with Gasteiger partial charge in [0.05, 0.1) is 4.92 Å². The number of benzene rings is 1. The van der Waals surface area contributed by atoms with Crippen LogP contribution in [0.25, 0.3) is 10.4 Å². The molecule has 0 aromatic heterocycles. The summed E-state index contributed by atoms with van der Waals surface area (Å²) in [5, 5.41) is 13.5. The number of nitrogens with zero attached hydrogens (tertiary/aromatic N) is 4. The normalized spacial score (nSPS) is 9.13. The van der Waals surface area contributed by atoms with Crippen LogP contribution in [0.4, 0.5) is 11.4 Å². The summed E-state index contributed by atoms with van der Waals surface area (Å²) in [5.41, 5.74) is 7.65. The SMILES string of the molecule is [N-]=[N+]=Nc1cc(Cl)c([N+](=O)[O-])cc1C=O. The van der Waals surface area contributed by atoms with Crippen LogP contribution >= 0.6 is 11.6 Å². The van der Waals surface area contributed by atoms with Gasteiger partial charge in [-0.1, -0.05) is 16.7 Å². The van der Waals surface area contributed by atoms with E-state index in [4.69, 9.17) is 17.1 Å². The Labute approximate surface area is 88.0 Å². The second-order valence-electron chi connectivity index (χ2n) is 2.43. The van der Waals surface area contributed by atoms with E-state index in [9.17, 15) is 14.9 Å². The molecule has 0 amide bonds. The Morgan fingerprint density at radius 1 is 1.60 bits per heavy atom. The van der Waals surface area contributed by atoms with Crippen molar-refractivity contribution in [1.82, 2.24) is 0 Å². The van der Waals surface area contributed by atoms with E-state index >= 15 is 0 Å². The molecular formula is C7H3ClN4O3. The number of halogens is 1. The molecule has 0 aliphatic rings. The van der Waals surface area contributed by atoms with Crippen molar-refractivity contribution >= 4 is 29.3 Å². The van der Waals surface area contributed by atoms with Crippen molar-refractivity contribution in [2.24, 2.45) is 5.11 Å². The summed E-state index contributed by atoms with van der Waals surface area (Å²) >= 11 is 5.55. The minimum Gasteiger partial charge on any atom is -0.298 e. The van der Waals surface area contributed by atoms with E-state index in [-0.39, 0.29) is 16.3 Å². The van der Waals surface area contributed by atoms with Crippen LogP contribution in [0, 0.1) is 10.1 Å². The van der Waals surface area contributed by atoms with E-state index in [2.05, 4.69) is 10.0 Å². The number of hydrogen-bond acceptors (Lipinski definition) is 4. The Morgan fingerprint density at radius 3 is 2.73 bits per heavy atom. The average molecular weight is 227 g/mol. The minimum absolute atomic E-state index is 0.0388. The van der Waals surface area contributed by atoms with Crippen molar-refractivity contribution in [2.75, 3.05) is 0 Å². The molecule has 0 spiro atoms. The molecule has 0 saturated heterocycles. The van der Waals surface area contributed by atoms with Gasteiger partial charge in [0.2, 0.25) is 0 Å². The molecule has 0 heterocycles. The molecule has 1 aromatic rings. The fourth-order valence-corrected chi connectivity index (χ4v) is 1.16. The first kappa shape index (κ1) is 11.0. The van der Waals surface area contributed by atoms with Crippen LogP contribution in [0.15, 0.2) is 17.2 Å². The molecule has 1 rings (SSSR count). The lowest BCUT2D eigenvalue weighted by atomic mass is 10.2. The Kier molecular flexibility index (Phi) is 3.22. The van der Waals surface area contributed by atoms with Crippen LogP contribution in [0.3, 0.4) is 0 Å². The van der Waals surface area contributed by atoms with Crippen LogP contribution in [0.2, 0.25) is 5.02 Å². The van der Waals surface area contributed by atoms with Gasteiger partial charge in [0.15, 0.2) is 6.29 Å². The summed E-state index contributed by atoms with van der Waals surface area (Å²) in [6.07, 6.45) is 0.355. The lowest BCUT2D eigenvalue weighted by Crippen LogP contribution is -1.91. The summed E-state index contributed by atoms with van der Waals surface area (Å²) in [6, 6.07) is 2.03. The highest BCUT2D eigenvalue weighted by atomic mass is 35.5. The maximum Gasteiger partial charge on any atom is 0.288 e. The third-order valence-corrected chi connectivity index (χ3v) is 1.87. The van der Waals surface area contributed by atoms with Gasteiger partial charge in [-0.25, -0.2) is 0 Å². The fourth-order valence-electron chi connectivity index (χ4n) is 0.937. The number of hydrogen-bond donors (Lipinski definition) is 0. The van der Waals surface area contributed by atoms with E-state index in [1.165, 1.54) is 0 Å². The molecule has 0 unspecified atom stereocenters. The van der Waals surface area contributed by atoms with Gasteiger partial charge in [-0.05, 0) is 11.6 Å². The second-order valence-corrected chi connectivity index (χ2v) is 2.83. The molecule has 0 fully saturated rings. The van der Waals surface area contributed by atoms with Gasteiger partial charge in [-0.3, -0.25) is 14.9 Å². The molecule has 7 nitrogen and oxygen atoms in total. The number of rotatable bonds is 3. The van der Waals surface area contributed by atoms with Crippen LogP contribution in [-0.4, -0.2) is 11.2 Å². The first-order valence-electron chi connectivity index (χ1n) is 3.58. The molecule has 0 N–H and O–H groups in total. The molecule has 15 heavy (non-hydrogen) atoms. The van der Waals surface area contributed by atoms with Gasteiger partial charge in [0.1, 0.15) is 5.02 Å². The van der Waals surface area contributed by atoms with Crippen LogP contribution in [0.5, 0.6) is 0 Å².